The minimum absolute atomic E-state index is 0.123. The van der Waals surface area contributed by atoms with Crippen molar-refractivity contribution in [3.8, 4) is 0 Å². The zero-order chi connectivity index (χ0) is 15.7. The number of hydrogen-bond acceptors (Lipinski definition) is 4. The van der Waals surface area contributed by atoms with Crippen LogP contribution in [-0.4, -0.2) is 15.5 Å². The smallest absolute Gasteiger partial charge is 0.272 e. The molecule has 0 radical (unpaired) electrons. The molecule has 1 amide bonds. The summed E-state index contributed by atoms with van der Waals surface area (Å²) in [5.41, 5.74) is 2.19. The molecule has 2 aromatic heterocycles. The first kappa shape index (κ1) is 14.5. The molecule has 3 aromatic rings. The number of nitrogens with zero attached hydrogens (tertiary/aromatic N) is 2. The van der Waals surface area contributed by atoms with Gasteiger partial charge in [-0.1, -0.05) is 6.07 Å². The fourth-order valence-corrected chi connectivity index (χ4v) is 2.95. The van der Waals surface area contributed by atoms with Gasteiger partial charge in [-0.2, -0.15) is 0 Å². The summed E-state index contributed by atoms with van der Waals surface area (Å²) in [6.07, 6.45) is 0. The number of fused-ring (bicyclic) bond motifs is 1. The Morgan fingerprint density at radius 2 is 2.18 bits per heavy atom. The van der Waals surface area contributed by atoms with Crippen molar-refractivity contribution in [2.45, 2.75) is 13.5 Å². The number of aromatic nitrogens is 2. The van der Waals surface area contributed by atoms with Crippen molar-refractivity contribution < 1.29 is 4.79 Å². The van der Waals surface area contributed by atoms with E-state index in [2.05, 4.69) is 10.3 Å². The molecule has 5 nitrogen and oxygen atoms in total. The lowest BCUT2D eigenvalue weighted by Crippen LogP contribution is -2.23. The molecule has 1 N–H and O–H groups in total. The summed E-state index contributed by atoms with van der Waals surface area (Å²) < 4.78 is 1.55. The van der Waals surface area contributed by atoms with Crippen molar-refractivity contribution in [3.63, 3.8) is 0 Å². The van der Waals surface area contributed by atoms with E-state index in [0.717, 1.165) is 4.88 Å². The van der Waals surface area contributed by atoms with Crippen LogP contribution in [0.25, 0.3) is 11.0 Å². The molecule has 0 saturated carbocycles. The van der Waals surface area contributed by atoms with Crippen molar-refractivity contribution in [1.82, 2.24) is 14.9 Å². The Kier molecular flexibility index (Phi) is 3.77. The summed E-state index contributed by atoms with van der Waals surface area (Å²) >= 11 is 1.60. The number of carbonyl (C=O) groups excluding carboxylic acids is 1. The molecule has 0 saturated heterocycles. The van der Waals surface area contributed by atoms with Gasteiger partial charge in [-0.15, -0.1) is 11.3 Å². The largest absolute Gasteiger partial charge is 0.347 e. The normalized spacial score (nSPS) is 10.8. The lowest BCUT2D eigenvalue weighted by atomic mass is 10.1. The van der Waals surface area contributed by atoms with E-state index >= 15 is 0 Å². The predicted octanol–water partition coefficient (Wildman–Crippen LogP) is 2.23. The summed E-state index contributed by atoms with van der Waals surface area (Å²) in [5.74, 6) is -0.149. The molecule has 0 spiro atoms. The topological polar surface area (TPSA) is 64.0 Å². The molecule has 1 aromatic carbocycles. The fourth-order valence-electron chi connectivity index (χ4n) is 2.30. The Labute approximate surface area is 131 Å². The second-order valence-electron chi connectivity index (χ2n) is 5.03. The molecule has 0 aliphatic carbocycles. The van der Waals surface area contributed by atoms with E-state index in [9.17, 15) is 9.59 Å². The van der Waals surface area contributed by atoms with E-state index in [4.69, 9.17) is 0 Å². The zero-order valence-corrected chi connectivity index (χ0v) is 13.1. The van der Waals surface area contributed by atoms with E-state index in [1.54, 1.807) is 48.1 Å². The van der Waals surface area contributed by atoms with E-state index in [-0.39, 0.29) is 11.5 Å². The Morgan fingerprint density at radius 1 is 1.36 bits per heavy atom. The SMILES string of the molecule is Cc1nc2cc(C(=O)NCc3cccs3)ccc2n(C)c1=O. The highest BCUT2D eigenvalue weighted by Crippen LogP contribution is 2.13. The van der Waals surface area contributed by atoms with E-state index < -0.39 is 0 Å². The molecule has 0 atom stereocenters. The molecule has 3 rings (SSSR count). The van der Waals surface area contributed by atoms with Gasteiger partial charge in [0.2, 0.25) is 0 Å². The van der Waals surface area contributed by atoms with Crippen LogP contribution in [0.3, 0.4) is 0 Å². The van der Waals surface area contributed by atoms with Crippen molar-refractivity contribution >= 4 is 28.3 Å². The van der Waals surface area contributed by atoms with E-state index in [0.29, 0.717) is 28.8 Å². The molecule has 0 fully saturated rings. The molecule has 112 valence electrons. The van der Waals surface area contributed by atoms with Gasteiger partial charge in [0, 0.05) is 17.5 Å². The number of benzene rings is 1. The Bertz CT molecular complexity index is 898. The van der Waals surface area contributed by atoms with Crippen LogP contribution in [0, 0.1) is 6.92 Å². The standard InChI is InChI=1S/C16H15N3O2S/c1-10-16(21)19(2)14-6-5-11(8-13(14)18-10)15(20)17-9-12-4-3-7-22-12/h3-8H,9H2,1-2H3,(H,17,20). The third-order valence-electron chi connectivity index (χ3n) is 3.50. The Hall–Kier alpha value is -2.47. The van der Waals surface area contributed by atoms with Gasteiger partial charge >= 0.3 is 0 Å². The van der Waals surface area contributed by atoms with E-state index in [1.165, 1.54) is 0 Å². The summed E-state index contributed by atoms with van der Waals surface area (Å²) in [6.45, 7) is 2.18. The average molecular weight is 313 g/mol. The van der Waals surface area contributed by atoms with Gasteiger partial charge in [-0.25, -0.2) is 4.98 Å². The van der Waals surface area contributed by atoms with Crippen LogP contribution in [0.5, 0.6) is 0 Å². The highest BCUT2D eigenvalue weighted by Gasteiger charge is 2.10. The quantitative estimate of drug-likeness (QED) is 0.806. The maximum absolute atomic E-state index is 12.2. The third-order valence-corrected chi connectivity index (χ3v) is 4.38. The number of amides is 1. The first-order chi connectivity index (χ1) is 10.6. The summed E-state index contributed by atoms with van der Waals surface area (Å²) in [6, 6.07) is 9.11. The van der Waals surface area contributed by atoms with Crippen molar-refractivity contribution in [3.05, 3.63) is 62.2 Å². The maximum Gasteiger partial charge on any atom is 0.272 e. The lowest BCUT2D eigenvalue weighted by molar-refractivity contribution is 0.0951. The average Bonchev–Trinajstić information content (AvgIpc) is 3.03. The summed E-state index contributed by atoms with van der Waals surface area (Å²) in [4.78, 5) is 29.5. The highest BCUT2D eigenvalue weighted by molar-refractivity contribution is 7.09. The molecule has 0 aliphatic rings. The van der Waals surface area contributed by atoms with Crippen molar-refractivity contribution in [2.75, 3.05) is 0 Å². The minimum Gasteiger partial charge on any atom is -0.347 e. The predicted molar refractivity (Wildman–Crippen MR) is 87.2 cm³/mol. The zero-order valence-electron chi connectivity index (χ0n) is 12.3. The van der Waals surface area contributed by atoms with Crippen LogP contribution >= 0.6 is 11.3 Å². The molecule has 2 heterocycles. The molecular weight excluding hydrogens is 298 g/mol. The second-order valence-corrected chi connectivity index (χ2v) is 6.06. The number of carbonyl (C=O) groups is 1. The minimum atomic E-state index is -0.149. The van der Waals surface area contributed by atoms with E-state index in [1.807, 2.05) is 17.5 Å². The molecule has 22 heavy (non-hydrogen) atoms. The van der Waals surface area contributed by atoms with Crippen LogP contribution in [0.15, 0.2) is 40.5 Å². The second kappa shape index (κ2) is 5.73. The Morgan fingerprint density at radius 3 is 2.91 bits per heavy atom. The number of rotatable bonds is 3. The monoisotopic (exact) mass is 313 g/mol. The summed E-state index contributed by atoms with van der Waals surface area (Å²) in [5, 5.41) is 4.86. The van der Waals surface area contributed by atoms with Crippen LogP contribution in [0.1, 0.15) is 20.9 Å². The third kappa shape index (κ3) is 2.65. The summed E-state index contributed by atoms with van der Waals surface area (Å²) in [7, 11) is 1.70. The Balaban J connectivity index is 1.90. The number of aryl methyl sites for hydroxylation is 2. The van der Waals surface area contributed by atoms with Crippen LogP contribution in [0.2, 0.25) is 0 Å². The van der Waals surface area contributed by atoms with Gasteiger partial charge in [0.1, 0.15) is 5.69 Å². The first-order valence-corrected chi connectivity index (χ1v) is 7.72. The number of nitrogens with one attached hydrogen (secondary N) is 1. The van der Waals surface area contributed by atoms with Crippen molar-refractivity contribution in [1.29, 1.82) is 0 Å². The highest BCUT2D eigenvalue weighted by atomic mass is 32.1. The molecule has 0 unspecified atom stereocenters. The van der Waals surface area contributed by atoms with Crippen LogP contribution in [-0.2, 0) is 13.6 Å². The first-order valence-electron chi connectivity index (χ1n) is 6.84. The number of thiophene rings is 1. The lowest BCUT2D eigenvalue weighted by Gasteiger charge is -2.08. The van der Waals surface area contributed by atoms with Gasteiger partial charge < -0.3 is 9.88 Å². The van der Waals surface area contributed by atoms with Gasteiger partial charge in [0.25, 0.3) is 11.5 Å². The van der Waals surface area contributed by atoms with Crippen LogP contribution in [0.4, 0.5) is 0 Å². The van der Waals surface area contributed by atoms with Gasteiger partial charge in [-0.05, 0) is 36.6 Å². The van der Waals surface area contributed by atoms with Gasteiger partial charge in [-0.3, -0.25) is 9.59 Å². The molecular formula is C16H15N3O2S. The van der Waals surface area contributed by atoms with Crippen LogP contribution < -0.4 is 10.9 Å². The fraction of sp³-hybridized carbons (Fsp3) is 0.188. The molecule has 0 aliphatic heterocycles. The molecule has 0 bridgehead atoms. The van der Waals surface area contributed by atoms with Gasteiger partial charge in [0.15, 0.2) is 0 Å². The maximum atomic E-state index is 12.2. The van der Waals surface area contributed by atoms with Crippen molar-refractivity contribution in [2.24, 2.45) is 7.05 Å². The molecule has 6 heteroatoms. The number of hydrogen-bond donors (Lipinski definition) is 1. The van der Waals surface area contributed by atoms with Gasteiger partial charge in [0.05, 0.1) is 17.6 Å².